The van der Waals surface area contributed by atoms with Crippen molar-refractivity contribution in [1.82, 2.24) is 9.78 Å². The first-order chi connectivity index (χ1) is 15.8. The Kier molecular flexibility index (Phi) is 5.08. The van der Waals surface area contributed by atoms with Gasteiger partial charge in [-0.1, -0.05) is 66.2 Å². The Morgan fingerprint density at radius 1 is 1.06 bits per heavy atom. The lowest BCUT2D eigenvalue weighted by Gasteiger charge is -2.34. The molecule has 0 bridgehead atoms. The molecule has 1 aliphatic heterocycles. The number of amides is 1. The third-order valence-electron chi connectivity index (χ3n) is 6.00. The zero-order chi connectivity index (χ0) is 23.2. The average molecular weight is 450 g/mol. The van der Waals surface area contributed by atoms with Crippen LogP contribution in [0.4, 0.5) is 24.7 Å². The largest absolute Gasteiger partial charge is 0.410 e. The van der Waals surface area contributed by atoms with Crippen LogP contribution in [0.15, 0.2) is 72.9 Å². The van der Waals surface area contributed by atoms with E-state index in [-0.39, 0.29) is 17.8 Å². The number of rotatable bonds is 3. The molecule has 0 fully saturated rings. The molecule has 5 rings (SSSR count). The molecule has 0 aliphatic carbocycles. The van der Waals surface area contributed by atoms with Gasteiger partial charge in [0.15, 0.2) is 6.04 Å². The molecule has 2 atom stereocenters. The Labute approximate surface area is 188 Å². The highest BCUT2D eigenvalue weighted by Gasteiger charge is 2.47. The van der Waals surface area contributed by atoms with Gasteiger partial charge in [-0.2, -0.15) is 18.3 Å². The molecule has 1 aliphatic rings. The van der Waals surface area contributed by atoms with Crippen molar-refractivity contribution in [2.75, 3.05) is 10.6 Å². The van der Waals surface area contributed by atoms with E-state index < -0.39 is 24.2 Å². The van der Waals surface area contributed by atoms with Gasteiger partial charge in [0.2, 0.25) is 0 Å². The lowest BCUT2D eigenvalue weighted by molar-refractivity contribution is -0.173. The quantitative estimate of drug-likeness (QED) is 0.388. The molecular weight excluding hydrogens is 429 g/mol. The topological polar surface area (TPSA) is 59.0 Å². The second kappa shape index (κ2) is 7.95. The normalized spacial score (nSPS) is 17.9. The van der Waals surface area contributed by atoms with Gasteiger partial charge in [-0.15, -0.1) is 0 Å². The predicted molar refractivity (Wildman–Crippen MR) is 121 cm³/mol. The van der Waals surface area contributed by atoms with Gasteiger partial charge in [-0.05, 0) is 23.9 Å². The molecule has 5 nitrogen and oxygen atoms in total. The molecule has 1 amide bonds. The van der Waals surface area contributed by atoms with Gasteiger partial charge in [-0.25, -0.2) is 4.68 Å². The first-order valence-electron chi connectivity index (χ1n) is 10.6. The highest BCUT2D eigenvalue weighted by Crippen LogP contribution is 2.44. The highest BCUT2D eigenvalue weighted by molar-refractivity contribution is 6.11. The number of carbonyl (C=O) groups is 1. The summed E-state index contributed by atoms with van der Waals surface area (Å²) in [4.78, 5) is 13.1. The highest BCUT2D eigenvalue weighted by atomic mass is 19.4. The summed E-state index contributed by atoms with van der Waals surface area (Å²) in [5, 5.41) is 11.7. The van der Waals surface area contributed by atoms with Crippen LogP contribution in [-0.2, 0) is 0 Å². The van der Waals surface area contributed by atoms with Crippen molar-refractivity contribution in [3.05, 3.63) is 89.6 Å². The Morgan fingerprint density at radius 2 is 1.79 bits per heavy atom. The standard InChI is InChI=1S/C25H21F3N4O/c1-15-9-11-17(12-10-15)21-13-22(25(26,27)28)32-23(30-21)19(14-29-32)24(33)31-20-8-4-6-16-5-2-3-7-18(16)20/h2-12,14,21-22,30H,13H2,1H3,(H,31,33)/t21-,22+/m1/s1. The molecule has 0 spiro atoms. The van der Waals surface area contributed by atoms with Crippen molar-refractivity contribution in [3.63, 3.8) is 0 Å². The summed E-state index contributed by atoms with van der Waals surface area (Å²) in [6.07, 6.45) is -3.53. The van der Waals surface area contributed by atoms with Crippen LogP contribution in [-0.4, -0.2) is 21.9 Å². The third kappa shape index (κ3) is 3.92. The van der Waals surface area contributed by atoms with Gasteiger partial charge in [0, 0.05) is 17.5 Å². The monoisotopic (exact) mass is 450 g/mol. The maximum atomic E-state index is 13.9. The minimum absolute atomic E-state index is 0.0619. The predicted octanol–water partition coefficient (Wildman–Crippen LogP) is 6.26. The number of carbonyl (C=O) groups excluding carboxylic acids is 1. The van der Waals surface area contributed by atoms with Crippen LogP contribution in [0.25, 0.3) is 10.8 Å². The van der Waals surface area contributed by atoms with E-state index in [4.69, 9.17) is 0 Å². The van der Waals surface area contributed by atoms with Crippen LogP contribution in [0.1, 0.15) is 40.0 Å². The second-order valence-corrected chi connectivity index (χ2v) is 8.23. The molecule has 4 aromatic rings. The number of aryl methyl sites for hydroxylation is 1. The summed E-state index contributed by atoms with van der Waals surface area (Å²) >= 11 is 0. The van der Waals surface area contributed by atoms with Crippen molar-refractivity contribution in [2.45, 2.75) is 31.6 Å². The zero-order valence-corrected chi connectivity index (χ0v) is 17.7. The molecule has 0 saturated carbocycles. The van der Waals surface area contributed by atoms with Crippen LogP contribution in [0.2, 0.25) is 0 Å². The van der Waals surface area contributed by atoms with Gasteiger partial charge < -0.3 is 10.6 Å². The van der Waals surface area contributed by atoms with Gasteiger partial charge in [0.05, 0.1) is 12.2 Å². The van der Waals surface area contributed by atoms with Crippen LogP contribution in [0.5, 0.6) is 0 Å². The first kappa shape index (κ1) is 21.1. The number of hydrogen-bond donors (Lipinski definition) is 2. The number of anilines is 2. The van der Waals surface area contributed by atoms with Crippen molar-refractivity contribution in [1.29, 1.82) is 0 Å². The number of alkyl halides is 3. The number of nitrogens with one attached hydrogen (secondary N) is 2. The summed E-state index contributed by atoms with van der Waals surface area (Å²) in [5.41, 5.74) is 2.38. The molecule has 3 aromatic carbocycles. The summed E-state index contributed by atoms with van der Waals surface area (Å²) in [6, 6.07) is 18.0. The van der Waals surface area contributed by atoms with E-state index in [0.717, 1.165) is 26.6 Å². The van der Waals surface area contributed by atoms with E-state index in [1.54, 1.807) is 6.07 Å². The molecule has 8 heteroatoms. The average Bonchev–Trinajstić information content (AvgIpc) is 3.22. The van der Waals surface area contributed by atoms with Crippen molar-refractivity contribution in [3.8, 4) is 0 Å². The van der Waals surface area contributed by atoms with Crippen molar-refractivity contribution in [2.24, 2.45) is 0 Å². The van der Waals surface area contributed by atoms with Crippen LogP contribution in [0, 0.1) is 6.92 Å². The van der Waals surface area contributed by atoms with Crippen LogP contribution >= 0.6 is 0 Å². The fourth-order valence-electron chi connectivity index (χ4n) is 4.27. The molecule has 168 valence electrons. The number of hydrogen-bond acceptors (Lipinski definition) is 3. The van der Waals surface area contributed by atoms with Crippen LogP contribution in [0.3, 0.4) is 0 Å². The maximum absolute atomic E-state index is 13.9. The van der Waals surface area contributed by atoms with Crippen LogP contribution < -0.4 is 10.6 Å². The second-order valence-electron chi connectivity index (χ2n) is 8.23. The van der Waals surface area contributed by atoms with Gasteiger partial charge in [-0.3, -0.25) is 4.79 Å². The minimum Gasteiger partial charge on any atom is -0.363 e. The summed E-state index contributed by atoms with van der Waals surface area (Å²) < 4.78 is 42.6. The fraction of sp³-hybridized carbons (Fsp3) is 0.200. The number of halogens is 3. The molecule has 0 radical (unpaired) electrons. The molecule has 2 heterocycles. The van der Waals surface area contributed by atoms with E-state index in [2.05, 4.69) is 15.7 Å². The Morgan fingerprint density at radius 3 is 2.55 bits per heavy atom. The van der Waals surface area contributed by atoms with Crippen molar-refractivity contribution >= 4 is 28.2 Å². The van der Waals surface area contributed by atoms with E-state index >= 15 is 0 Å². The molecule has 0 saturated heterocycles. The number of aromatic nitrogens is 2. The minimum atomic E-state index is -4.50. The molecular formula is C25H21F3N4O. The fourth-order valence-corrected chi connectivity index (χ4v) is 4.27. The van der Waals surface area contributed by atoms with E-state index in [0.29, 0.717) is 5.69 Å². The Hall–Kier alpha value is -3.81. The first-order valence-corrected chi connectivity index (χ1v) is 10.6. The van der Waals surface area contributed by atoms with Gasteiger partial charge >= 0.3 is 6.18 Å². The molecule has 33 heavy (non-hydrogen) atoms. The third-order valence-corrected chi connectivity index (χ3v) is 6.00. The maximum Gasteiger partial charge on any atom is 0.410 e. The zero-order valence-electron chi connectivity index (χ0n) is 17.7. The number of benzene rings is 3. The molecule has 0 unspecified atom stereocenters. The van der Waals surface area contributed by atoms with E-state index in [1.165, 1.54) is 6.20 Å². The summed E-state index contributed by atoms with van der Waals surface area (Å²) in [7, 11) is 0. The Balaban J connectivity index is 1.51. The lowest BCUT2D eigenvalue weighted by atomic mass is 9.96. The van der Waals surface area contributed by atoms with Crippen molar-refractivity contribution < 1.29 is 18.0 Å². The SMILES string of the molecule is Cc1ccc([C@H]2C[C@@H](C(F)(F)F)n3ncc(C(=O)Nc4cccc5ccccc45)c3N2)cc1. The molecule has 1 aromatic heterocycles. The number of fused-ring (bicyclic) bond motifs is 2. The summed E-state index contributed by atoms with van der Waals surface area (Å²) in [5.74, 6) is -0.461. The van der Waals surface area contributed by atoms with Gasteiger partial charge in [0.1, 0.15) is 11.4 Å². The number of nitrogens with zero attached hydrogens (tertiary/aromatic N) is 2. The Bertz CT molecular complexity index is 1320. The van der Waals surface area contributed by atoms with E-state index in [9.17, 15) is 18.0 Å². The lowest BCUT2D eigenvalue weighted by Crippen LogP contribution is -2.36. The van der Waals surface area contributed by atoms with E-state index in [1.807, 2.05) is 67.6 Å². The molecule has 2 N–H and O–H groups in total. The van der Waals surface area contributed by atoms with Gasteiger partial charge in [0.25, 0.3) is 5.91 Å². The smallest absolute Gasteiger partial charge is 0.363 e. The summed E-state index contributed by atoms with van der Waals surface area (Å²) in [6.45, 7) is 1.92.